The van der Waals surface area contributed by atoms with Crippen molar-refractivity contribution < 1.29 is 5.11 Å². The maximum atomic E-state index is 8.75. The van der Waals surface area contributed by atoms with E-state index in [9.17, 15) is 0 Å². The molecule has 6 nitrogen and oxygen atoms in total. The van der Waals surface area contributed by atoms with Crippen molar-refractivity contribution in [3.05, 3.63) is 0 Å². The highest BCUT2D eigenvalue weighted by Crippen LogP contribution is 2.03. The van der Waals surface area contributed by atoms with Crippen LogP contribution in [0.15, 0.2) is 9.98 Å². The molecular weight excluding hydrogens is 182 g/mol. The second-order valence-electron chi connectivity index (χ2n) is 3.21. The van der Waals surface area contributed by atoms with E-state index in [-0.39, 0.29) is 18.5 Å². The van der Waals surface area contributed by atoms with Crippen LogP contribution >= 0.6 is 0 Å². The van der Waals surface area contributed by atoms with E-state index in [2.05, 4.69) is 9.98 Å². The number of nitrogens with two attached hydrogens (primary N) is 3. The summed E-state index contributed by atoms with van der Waals surface area (Å²) in [5.41, 5.74) is 15.6. The van der Waals surface area contributed by atoms with E-state index in [4.69, 9.17) is 22.3 Å². The van der Waals surface area contributed by atoms with Crippen molar-refractivity contribution in [2.45, 2.75) is 19.8 Å². The highest BCUT2D eigenvalue weighted by atomic mass is 16.3. The zero-order valence-corrected chi connectivity index (χ0v) is 8.48. The Morgan fingerprint density at radius 1 is 1.36 bits per heavy atom. The summed E-state index contributed by atoms with van der Waals surface area (Å²) in [6.07, 6.45) is 1.78. The Bertz CT molecular complexity index is 210. The monoisotopic (exact) mass is 201 g/mol. The zero-order chi connectivity index (χ0) is 11.0. The molecule has 0 radical (unpaired) electrons. The first-order valence-electron chi connectivity index (χ1n) is 4.56. The second kappa shape index (κ2) is 7.14. The molecule has 0 aromatic rings. The van der Waals surface area contributed by atoms with Crippen molar-refractivity contribution in [2.24, 2.45) is 33.1 Å². The van der Waals surface area contributed by atoms with Crippen molar-refractivity contribution in [2.75, 3.05) is 13.2 Å². The maximum absolute atomic E-state index is 8.75. The summed E-state index contributed by atoms with van der Waals surface area (Å²) in [6.45, 7) is 2.75. The first kappa shape index (κ1) is 12.7. The summed E-state index contributed by atoms with van der Waals surface area (Å²) >= 11 is 0. The molecule has 0 aliphatic carbocycles. The van der Waals surface area contributed by atoms with Gasteiger partial charge in [0.15, 0.2) is 5.96 Å². The average Bonchev–Trinajstić information content (AvgIpc) is 2.10. The molecule has 0 aliphatic heterocycles. The molecule has 0 spiro atoms. The van der Waals surface area contributed by atoms with Crippen LogP contribution < -0.4 is 17.2 Å². The largest absolute Gasteiger partial charge is 0.396 e. The van der Waals surface area contributed by atoms with Crippen molar-refractivity contribution >= 4 is 11.9 Å². The van der Waals surface area contributed by atoms with Crippen LogP contribution in [-0.2, 0) is 0 Å². The van der Waals surface area contributed by atoms with Gasteiger partial charge < -0.3 is 22.3 Å². The topological polar surface area (TPSA) is 123 Å². The molecule has 6 heteroatoms. The first-order valence-corrected chi connectivity index (χ1v) is 4.56. The van der Waals surface area contributed by atoms with E-state index in [0.717, 1.165) is 12.8 Å². The van der Waals surface area contributed by atoms with Crippen molar-refractivity contribution in [3.8, 4) is 0 Å². The van der Waals surface area contributed by atoms with Gasteiger partial charge in [0.1, 0.15) is 0 Å². The molecule has 0 bridgehead atoms. The van der Waals surface area contributed by atoms with Crippen molar-refractivity contribution in [1.82, 2.24) is 0 Å². The summed E-state index contributed by atoms with van der Waals surface area (Å²) in [4.78, 5) is 7.50. The zero-order valence-electron chi connectivity index (χ0n) is 8.48. The molecule has 0 aromatic heterocycles. The number of hydrogen-bond donors (Lipinski definition) is 4. The minimum absolute atomic E-state index is 0.0880. The summed E-state index contributed by atoms with van der Waals surface area (Å²) in [6, 6.07) is 0. The fourth-order valence-corrected chi connectivity index (χ4v) is 0.892. The van der Waals surface area contributed by atoms with Crippen molar-refractivity contribution in [1.29, 1.82) is 0 Å². The maximum Gasteiger partial charge on any atom is 0.218 e. The molecule has 0 saturated heterocycles. The van der Waals surface area contributed by atoms with Crippen molar-refractivity contribution in [3.63, 3.8) is 0 Å². The quantitative estimate of drug-likeness (QED) is 0.258. The Morgan fingerprint density at radius 3 is 2.50 bits per heavy atom. The molecule has 0 aliphatic rings. The Balaban J connectivity index is 3.66. The van der Waals surface area contributed by atoms with E-state index in [1.165, 1.54) is 0 Å². The number of hydrogen-bond acceptors (Lipinski definition) is 2. The van der Waals surface area contributed by atoms with Crippen LogP contribution in [0, 0.1) is 5.92 Å². The number of rotatable bonds is 5. The van der Waals surface area contributed by atoms with E-state index in [1.807, 2.05) is 6.92 Å². The summed E-state index contributed by atoms with van der Waals surface area (Å²) in [5, 5.41) is 8.75. The third-order valence-electron chi connectivity index (χ3n) is 1.68. The van der Waals surface area contributed by atoms with Crippen LogP contribution in [0.2, 0.25) is 0 Å². The van der Waals surface area contributed by atoms with E-state index in [0.29, 0.717) is 12.5 Å². The molecule has 0 heterocycles. The molecule has 7 N–H and O–H groups in total. The Labute approximate surface area is 83.9 Å². The van der Waals surface area contributed by atoms with Crippen LogP contribution in [0.5, 0.6) is 0 Å². The lowest BCUT2D eigenvalue weighted by atomic mass is 10.1. The van der Waals surface area contributed by atoms with Crippen LogP contribution in [-0.4, -0.2) is 30.2 Å². The van der Waals surface area contributed by atoms with Gasteiger partial charge in [0.25, 0.3) is 0 Å². The number of guanidine groups is 2. The highest BCUT2D eigenvalue weighted by molar-refractivity contribution is 5.92. The molecular formula is C8H19N5O. The second-order valence-corrected chi connectivity index (χ2v) is 3.21. The smallest absolute Gasteiger partial charge is 0.218 e. The minimum Gasteiger partial charge on any atom is -0.396 e. The van der Waals surface area contributed by atoms with Crippen LogP contribution in [0.25, 0.3) is 0 Å². The normalized spacial score (nSPS) is 13.7. The predicted molar refractivity (Wildman–Crippen MR) is 57.8 cm³/mol. The lowest BCUT2D eigenvalue weighted by Crippen LogP contribution is -2.26. The lowest BCUT2D eigenvalue weighted by molar-refractivity contribution is 0.229. The van der Waals surface area contributed by atoms with Crippen LogP contribution in [0.1, 0.15) is 19.8 Å². The van der Waals surface area contributed by atoms with Crippen LogP contribution in [0.4, 0.5) is 0 Å². The highest BCUT2D eigenvalue weighted by Gasteiger charge is 1.98. The molecule has 14 heavy (non-hydrogen) atoms. The first-order chi connectivity index (χ1) is 6.56. The third kappa shape index (κ3) is 7.35. The lowest BCUT2D eigenvalue weighted by Gasteiger charge is -2.04. The number of aliphatic hydroxyl groups is 1. The fourth-order valence-electron chi connectivity index (χ4n) is 0.892. The summed E-state index contributed by atoms with van der Waals surface area (Å²) < 4.78 is 0. The molecule has 0 rings (SSSR count). The fraction of sp³-hybridized carbons (Fsp3) is 0.750. The van der Waals surface area contributed by atoms with E-state index < -0.39 is 0 Å². The number of aliphatic hydroxyl groups excluding tert-OH is 1. The Morgan fingerprint density at radius 2 is 2.00 bits per heavy atom. The van der Waals surface area contributed by atoms with Gasteiger partial charge in [0, 0.05) is 13.2 Å². The minimum atomic E-state index is -0.0880. The standard InChI is InChI=1S/C8H19N5O/c1-6(5-14)3-2-4-12-8(11)13-7(9)10/h6,14H,2-5H2,1H3,(H6,9,10,11,12,13). The molecule has 1 atom stereocenters. The van der Waals surface area contributed by atoms with Gasteiger partial charge in [-0.1, -0.05) is 6.92 Å². The van der Waals surface area contributed by atoms with E-state index >= 15 is 0 Å². The van der Waals surface area contributed by atoms with Crippen LogP contribution in [0.3, 0.4) is 0 Å². The Kier molecular flexibility index (Phi) is 6.47. The SMILES string of the molecule is CC(CO)CCCN=C(N)N=C(N)N. The summed E-state index contributed by atoms with van der Waals surface area (Å²) in [5.74, 6) is 0.311. The number of nitrogens with zero attached hydrogens (tertiary/aromatic N) is 2. The van der Waals surface area contributed by atoms with Gasteiger partial charge in [0.2, 0.25) is 5.96 Å². The van der Waals surface area contributed by atoms with Gasteiger partial charge in [0.05, 0.1) is 0 Å². The van der Waals surface area contributed by atoms with Gasteiger partial charge in [-0.2, -0.15) is 4.99 Å². The summed E-state index contributed by atoms with van der Waals surface area (Å²) in [7, 11) is 0. The molecule has 1 unspecified atom stereocenters. The third-order valence-corrected chi connectivity index (χ3v) is 1.68. The van der Waals surface area contributed by atoms with Gasteiger partial charge in [-0.25, -0.2) is 0 Å². The predicted octanol–water partition coefficient (Wildman–Crippen LogP) is -1.02. The molecule has 82 valence electrons. The Hall–Kier alpha value is -1.30. The molecule has 0 aromatic carbocycles. The average molecular weight is 201 g/mol. The van der Waals surface area contributed by atoms with Gasteiger partial charge >= 0.3 is 0 Å². The van der Waals surface area contributed by atoms with Gasteiger partial charge in [-0.3, -0.25) is 4.99 Å². The molecule has 0 fully saturated rings. The molecule has 0 saturated carbocycles. The molecule has 0 amide bonds. The number of aliphatic imine (C=N–C) groups is 2. The van der Waals surface area contributed by atoms with E-state index in [1.54, 1.807) is 0 Å². The van der Waals surface area contributed by atoms with Gasteiger partial charge in [-0.05, 0) is 18.8 Å². The van der Waals surface area contributed by atoms with Gasteiger partial charge in [-0.15, -0.1) is 0 Å².